The topological polar surface area (TPSA) is 0 Å². The molecular weight excluding hydrogens is 1670 g/mol. The quantitative estimate of drug-likeness (QED) is 0.0321. The molecule has 0 amide bonds. The maximum atomic E-state index is 2.46. The van der Waals surface area contributed by atoms with E-state index < -0.39 is 65.1 Å². The third-order valence-corrected chi connectivity index (χ3v) is 45.1. The first-order valence-corrected chi connectivity index (χ1v) is 53.0. The molecule has 0 aliphatic heterocycles. The Balaban J connectivity index is 0.000000181. The van der Waals surface area contributed by atoms with Crippen molar-refractivity contribution in [1.29, 1.82) is 0 Å². The Morgan fingerprint density at radius 3 is 0.317 bits per heavy atom. The maximum absolute atomic E-state index is 2.46. The minimum Gasteiger partial charge on any atom is -0.218 e. The fourth-order valence-electron chi connectivity index (χ4n) is 17.2. The van der Waals surface area contributed by atoms with Crippen LogP contribution in [-0.2, 0) is 17.1 Å². The summed E-state index contributed by atoms with van der Waals surface area (Å²) in [5.41, 5.74) is 8.45. The second kappa shape index (κ2) is 41.3. The fraction of sp³-hybridized carbons (Fsp3) is 0.0526. The zero-order valence-electron chi connectivity index (χ0n) is 70.0. The van der Waals surface area contributed by atoms with E-state index in [-0.39, 0.29) is 17.1 Å². The molecule has 0 bridgehead atoms. The maximum Gasteiger partial charge on any atom is 2.00 e. The Labute approximate surface area is 750 Å². The Morgan fingerprint density at radius 2 is 0.220 bits per heavy atom. The minimum atomic E-state index is -1.59. The molecule has 1 radical (unpaired) electrons. The van der Waals surface area contributed by atoms with E-state index in [4.69, 9.17) is 0 Å². The molecule has 0 saturated carbocycles. The van der Waals surface area contributed by atoms with E-state index in [1.54, 1.807) is 0 Å². The van der Waals surface area contributed by atoms with Gasteiger partial charge in [0.05, 0.1) is 0 Å². The molecule has 0 heterocycles. The van der Waals surface area contributed by atoms with Crippen LogP contribution in [0, 0.1) is 41.5 Å². The van der Waals surface area contributed by atoms with Crippen molar-refractivity contribution in [3.63, 3.8) is 0 Å². The average molecular weight is 1770 g/mol. The summed E-state index contributed by atoms with van der Waals surface area (Å²) in [6, 6.07) is 177. The van der Waals surface area contributed by atoms with Crippen molar-refractivity contribution in [1.82, 2.24) is 0 Å². The SMILES string of the molecule is Cc1c([Si-](c2cccc(P(c3ccccc3)c3ccccc3)c2C)c2cccc(P(c3ccccc3)c3ccccc3)c2C)cccc1P(c1ccccc1)c1ccccc1.Cc1c([Si-](c2cccc(P(c3ccccc3)c3ccccc3)c2C)c2cccc(P(c3ccccc3)c3ccccc3)c2C)cccc1P(c1ccccc1)c1ccccc1.[Cu+2]. The molecule has 0 atom stereocenters. The summed E-state index contributed by atoms with van der Waals surface area (Å²) in [6.45, 7) is 14.5. The van der Waals surface area contributed by atoms with Crippen molar-refractivity contribution in [2.45, 2.75) is 41.5 Å². The van der Waals surface area contributed by atoms with Gasteiger partial charge in [-0.05, 0) is 185 Å². The molecule has 0 aromatic heterocycles. The van der Waals surface area contributed by atoms with Gasteiger partial charge in [0.15, 0.2) is 0 Å². The van der Waals surface area contributed by atoms with Crippen molar-refractivity contribution in [2.24, 2.45) is 0 Å². The Morgan fingerprint density at radius 1 is 0.122 bits per heavy atom. The molecule has 9 heteroatoms. The zero-order chi connectivity index (χ0) is 83.1. The van der Waals surface area contributed by atoms with E-state index in [0.29, 0.717) is 0 Å². The van der Waals surface area contributed by atoms with Crippen LogP contribution in [0.25, 0.3) is 0 Å². The van der Waals surface area contributed by atoms with Crippen molar-refractivity contribution in [2.75, 3.05) is 0 Å². The summed E-state index contributed by atoms with van der Waals surface area (Å²) < 4.78 is 0. The molecule has 18 aromatic carbocycles. The van der Waals surface area contributed by atoms with Crippen LogP contribution in [0.1, 0.15) is 33.4 Å². The fourth-order valence-corrected chi connectivity index (χ4v) is 39.1. The van der Waals surface area contributed by atoms with Crippen LogP contribution < -0.4 is 127 Å². The molecule has 18 aromatic rings. The molecule has 0 saturated heterocycles. The predicted molar refractivity (Wildman–Crippen MR) is 549 cm³/mol. The summed E-state index contributed by atoms with van der Waals surface area (Å²) in [5, 5.41) is 33.9. The second-order valence-corrected chi connectivity index (χ2v) is 48.3. The van der Waals surface area contributed by atoms with Gasteiger partial charge >= 0.3 is 17.1 Å². The summed E-state index contributed by atoms with van der Waals surface area (Å²) in [5.74, 6) is 0. The van der Waals surface area contributed by atoms with Crippen LogP contribution >= 0.6 is 47.5 Å². The van der Waals surface area contributed by atoms with E-state index in [1.165, 1.54) is 160 Å². The van der Waals surface area contributed by atoms with Gasteiger partial charge in [-0.1, -0.05) is 507 Å². The third kappa shape index (κ3) is 19.0. The van der Waals surface area contributed by atoms with E-state index in [1.807, 2.05) is 0 Å². The molecular formula is C114H96CuP6Si2. The van der Waals surface area contributed by atoms with Crippen LogP contribution in [0.3, 0.4) is 0 Å². The van der Waals surface area contributed by atoms with E-state index in [2.05, 4.69) is 515 Å². The Hall–Kier alpha value is -10.5. The molecule has 0 aliphatic carbocycles. The van der Waals surface area contributed by atoms with Gasteiger partial charge in [-0.15, -0.1) is 0 Å². The third-order valence-electron chi connectivity index (χ3n) is 23.1. The standard InChI is InChI=1S/2C57H48P3Si.Cu/c2*1-43-52(58(46-25-10-4-11-26-46)47-27-12-5-13-28-47)37-22-40-55(43)61(56-41-23-38-53(44(56)2)59(48-29-14-6-15-30-48)49-31-16-7-17-32-49)57-42-24-39-54(45(57)3)60(50-33-18-8-19-34-50)51-35-20-9-21-36-51;/h2*4-42H,1-3H3;/q2*-1;+2. The Bertz CT molecular complexity index is 5210. The van der Waals surface area contributed by atoms with Gasteiger partial charge < -0.3 is 0 Å². The molecule has 0 N–H and O–H groups in total. The molecule has 0 unspecified atom stereocenters. The summed E-state index contributed by atoms with van der Waals surface area (Å²) in [7, 11) is -7.94. The van der Waals surface area contributed by atoms with Crippen molar-refractivity contribution >= 4 is 192 Å². The molecule has 601 valence electrons. The van der Waals surface area contributed by atoms with Crippen LogP contribution in [0.2, 0.25) is 0 Å². The van der Waals surface area contributed by atoms with E-state index >= 15 is 0 Å². The number of benzene rings is 18. The first kappa shape index (κ1) is 86.0. The minimum absolute atomic E-state index is 0. The zero-order valence-corrected chi connectivity index (χ0v) is 78.3. The normalized spacial score (nSPS) is 11.2. The second-order valence-electron chi connectivity index (χ2n) is 30.5. The predicted octanol–water partition coefficient (Wildman–Crippen LogP) is 16.8. The Kier molecular flexibility index (Phi) is 28.9. The van der Waals surface area contributed by atoms with Gasteiger partial charge in [-0.25, -0.2) is 17.6 Å². The average Bonchev–Trinajstić information content (AvgIpc) is 0.751. The number of hydrogen-bond donors (Lipinski definition) is 0. The molecule has 0 fully saturated rings. The smallest absolute Gasteiger partial charge is 0.218 e. The summed E-state index contributed by atoms with van der Waals surface area (Å²) in [4.78, 5) is 0. The van der Waals surface area contributed by atoms with Gasteiger partial charge in [0.25, 0.3) is 0 Å². The summed E-state index contributed by atoms with van der Waals surface area (Å²) >= 11 is 0. The number of rotatable bonds is 24. The summed E-state index contributed by atoms with van der Waals surface area (Å²) in [6.07, 6.45) is 0. The van der Waals surface area contributed by atoms with Crippen molar-refractivity contribution in [3.05, 3.63) is 507 Å². The first-order valence-electron chi connectivity index (χ1n) is 41.9. The first-order chi connectivity index (χ1) is 60.2. The van der Waals surface area contributed by atoms with Crippen molar-refractivity contribution in [3.8, 4) is 0 Å². The van der Waals surface area contributed by atoms with E-state index in [0.717, 1.165) is 0 Å². The van der Waals surface area contributed by atoms with Gasteiger partial charge in [0, 0.05) is 0 Å². The van der Waals surface area contributed by atoms with Gasteiger partial charge in [0.2, 0.25) is 0 Å². The van der Waals surface area contributed by atoms with Crippen LogP contribution in [-0.4, -0.2) is 17.6 Å². The molecule has 18 rings (SSSR count). The molecule has 0 nitrogen and oxygen atoms in total. The largest absolute Gasteiger partial charge is 2.00 e. The van der Waals surface area contributed by atoms with Crippen molar-refractivity contribution < 1.29 is 17.1 Å². The molecule has 123 heavy (non-hydrogen) atoms. The van der Waals surface area contributed by atoms with Crippen LogP contribution in [0.5, 0.6) is 0 Å². The van der Waals surface area contributed by atoms with Gasteiger partial charge in [-0.3, -0.25) is 0 Å². The molecule has 0 spiro atoms. The van der Waals surface area contributed by atoms with Gasteiger partial charge in [0.1, 0.15) is 0 Å². The van der Waals surface area contributed by atoms with E-state index in [9.17, 15) is 0 Å². The van der Waals surface area contributed by atoms with Gasteiger partial charge in [-0.2, -0.15) is 31.1 Å². The van der Waals surface area contributed by atoms with Crippen LogP contribution in [0.4, 0.5) is 0 Å². The number of hydrogen-bond acceptors (Lipinski definition) is 0. The van der Waals surface area contributed by atoms with Crippen LogP contribution in [0.15, 0.2) is 473 Å². The monoisotopic (exact) mass is 1770 g/mol. The molecule has 0 aliphatic rings.